The Kier molecular flexibility index (Phi) is 7.98. The van der Waals surface area contributed by atoms with Crippen LogP contribution < -0.4 is 4.74 Å². The number of halogens is 5. The summed E-state index contributed by atoms with van der Waals surface area (Å²) in [5.74, 6) is -4.10. The van der Waals surface area contributed by atoms with Gasteiger partial charge in [-0.2, -0.15) is 13.2 Å². The fourth-order valence-electron chi connectivity index (χ4n) is 3.57. The number of nitrogens with zero attached hydrogens (tertiary/aromatic N) is 4. The van der Waals surface area contributed by atoms with Crippen LogP contribution in [0.1, 0.15) is 33.5 Å². The predicted molar refractivity (Wildman–Crippen MR) is 121 cm³/mol. The second-order valence-corrected chi connectivity index (χ2v) is 7.89. The van der Waals surface area contributed by atoms with Crippen molar-refractivity contribution in [3.63, 3.8) is 0 Å². The summed E-state index contributed by atoms with van der Waals surface area (Å²) in [5, 5.41) is 0. The van der Waals surface area contributed by atoms with E-state index in [1.165, 1.54) is 12.4 Å². The molecular weight excluding hydrogens is 471 g/mol. The van der Waals surface area contributed by atoms with Crippen molar-refractivity contribution in [1.29, 1.82) is 0 Å². The van der Waals surface area contributed by atoms with E-state index < -0.39 is 42.6 Å². The first-order valence-corrected chi connectivity index (χ1v) is 10.6. The Bertz CT molecular complexity index is 1110. The summed E-state index contributed by atoms with van der Waals surface area (Å²) in [4.78, 5) is 25.6. The largest absolute Gasteiger partial charge is 0.475 e. The van der Waals surface area contributed by atoms with Crippen molar-refractivity contribution in [1.82, 2.24) is 9.88 Å². The van der Waals surface area contributed by atoms with E-state index in [4.69, 9.17) is 4.74 Å². The second-order valence-electron chi connectivity index (χ2n) is 7.89. The summed E-state index contributed by atoms with van der Waals surface area (Å²) < 4.78 is 72.7. The van der Waals surface area contributed by atoms with E-state index in [0.717, 1.165) is 22.6 Å². The molecule has 1 amide bonds. The first kappa shape index (κ1) is 26.0. The van der Waals surface area contributed by atoms with Gasteiger partial charge < -0.3 is 9.64 Å². The average Bonchev–Trinajstić information content (AvgIpc) is 3.11. The van der Waals surface area contributed by atoms with Gasteiger partial charge in [-0.1, -0.05) is 17.7 Å². The maximum Gasteiger partial charge on any atom is 0.417 e. The number of carbonyl (C=O) groups is 1. The number of allylic oxidation sites excluding steroid dienone is 1. The van der Waals surface area contributed by atoms with Gasteiger partial charge in [0.05, 0.1) is 12.1 Å². The lowest BCUT2D eigenvalue weighted by Crippen LogP contribution is -2.46. The number of carbonyl (C=O) groups excluding carboxylic acids is 1. The third kappa shape index (κ3) is 6.49. The van der Waals surface area contributed by atoms with E-state index in [-0.39, 0.29) is 24.5 Å². The van der Waals surface area contributed by atoms with Crippen molar-refractivity contribution < 1.29 is 31.5 Å². The number of benzene rings is 1. The highest BCUT2D eigenvalue weighted by Gasteiger charge is 2.51. The number of rotatable bonds is 8. The van der Waals surface area contributed by atoms with Gasteiger partial charge in [-0.3, -0.25) is 14.8 Å². The van der Waals surface area contributed by atoms with Crippen LogP contribution in [0.2, 0.25) is 0 Å². The summed E-state index contributed by atoms with van der Waals surface area (Å²) in [5.41, 5.74) is 0.572. The monoisotopic (exact) mass is 494 g/mol. The molecule has 1 fully saturated rings. The van der Waals surface area contributed by atoms with Gasteiger partial charge in [0.1, 0.15) is 12.6 Å². The molecule has 3 rings (SSSR count). The highest BCUT2D eigenvalue weighted by Crippen LogP contribution is 2.36. The molecular formula is C24H23F5N4O2. The summed E-state index contributed by atoms with van der Waals surface area (Å²) in [6.07, 6.45) is -0.0988. The Labute approximate surface area is 198 Å². The number of aryl methyl sites for hydroxylation is 1. The third-order valence-electron chi connectivity index (χ3n) is 5.40. The molecule has 2 aromatic rings. The average molecular weight is 494 g/mol. The zero-order chi connectivity index (χ0) is 25.6. The zero-order valence-corrected chi connectivity index (χ0v) is 18.8. The van der Waals surface area contributed by atoms with Crippen LogP contribution in [0.3, 0.4) is 0 Å². The highest BCUT2D eigenvalue weighted by molar-refractivity contribution is 5.96. The van der Waals surface area contributed by atoms with Crippen LogP contribution in [0.5, 0.6) is 5.88 Å². The Balaban J connectivity index is 1.78. The third-order valence-corrected chi connectivity index (χ3v) is 5.40. The van der Waals surface area contributed by atoms with Crippen molar-refractivity contribution >= 4 is 18.8 Å². The molecule has 1 unspecified atom stereocenters. The molecule has 0 aliphatic carbocycles. The number of aliphatic imine (C=N–C) groups is 2. The first-order valence-electron chi connectivity index (χ1n) is 10.6. The lowest BCUT2D eigenvalue weighted by Gasteiger charge is -2.28. The summed E-state index contributed by atoms with van der Waals surface area (Å²) in [6.45, 7) is 4.39. The number of amides is 1. The van der Waals surface area contributed by atoms with E-state index in [9.17, 15) is 26.7 Å². The molecule has 0 N–H and O–H groups in total. The van der Waals surface area contributed by atoms with Gasteiger partial charge in [-0.15, -0.1) is 0 Å². The molecule has 1 saturated heterocycles. The van der Waals surface area contributed by atoms with E-state index in [2.05, 4.69) is 21.7 Å². The molecule has 1 aliphatic rings. The van der Waals surface area contributed by atoms with E-state index >= 15 is 0 Å². The molecule has 1 aliphatic heterocycles. The number of hydrogen-bond donors (Lipinski definition) is 0. The fraction of sp³-hybridized carbons (Fsp3) is 0.333. The maximum absolute atomic E-state index is 14.7. The number of aromatic nitrogens is 1. The second kappa shape index (κ2) is 10.7. The normalized spacial score (nSPS) is 17.9. The van der Waals surface area contributed by atoms with Gasteiger partial charge in [0, 0.05) is 43.2 Å². The van der Waals surface area contributed by atoms with Crippen molar-refractivity contribution in [2.75, 3.05) is 13.2 Å². The molecule has 1 aromatic carbocycles. The predicted octanol–water partition coefficient (Wildman–Crippen LogP) is 5.12. The maximum atomic E-state index is 14.7. The Morgan fingerprint density at radius 2 is 2.09 bits per heavy atom. The van der Waals surface area contributed by atoms with Crippen LogP contribution in [-0.2, 0) is 12.7 Å². The van der Waals surface area contributed by atoms with Gasteiger partial charge >= 0.3 is 6.18 Å². The van der Waals surface area contributed by atoms with Crippen LogP contribution in [0, 0.1) is 6.92 Å². The van der Waals surface area contributed by atoms with E-state index in [0.29, 0.717) is 11.8 Å². The fourth-order valence-corrected chi connectivity index (χ4v) is 3.57. The standard InChI is InChI=1S/C24H23F5N4O2/c1-16-4-5-17(13-31-10-3-9-30-2)19(12-16)22(34)33-11-8-23(25,26)20(33)15-35-21-7-6-18(14-32-21)24(27,28)29/h3-7,9-10,12,14,20H,2,8,11,13,15H2,1H3/b9-3-,31-10?. The molecule has 0 bridgehead atoms. The lowest BCUT2D eigenvalue weighted by molar-refractivity contribution is -0.137. The molecule has 0 radical (unpaired) electrons. The molecule has 35 heavy (non-hydrogen) atoms. The van der Waals surface area contributed by atoms with Gasteiger partial charge in [0.2, 0.25) is 5.88 Å². The smallest absolute Gasteiger partial charge is 0.417 e. The van der Waals surface area contributed by atoms with Crippen LogP contribution in [0.4, 0.5) is 22.0 Å². The molecule has 0 saturated carbocycles. The molecule has 0 spiro atoms. The minimum absolute atomic E-state index is 0.143. The van der Waals surface area contributed by atoms with E-state index in [1.807, 2.05) is 0 Å². The quantitative estimate of drug-likeness (QED) is 0.378. The minimum atomic E-state index is -4.58. The minimum Gasteiger partial charge on any atom is -0.475 e. The zero-order valence-electron chi connectivity index (χ0n) is 18.8. The Hall–Kier alpha value is -3.63. The summed E-state index contributed by atoms with van der Waals surface area (Å²) in [6, 6.07) is 5.20. The number of alkyl halides is 5. The van der Waals surface area contributed by atoms with Gasteiger partial charge in [-0.05, 0) is 37.4 Å². The Morgan fingerprint density at radius 1 is 1.31 bits per heavy atom. The van der Waals surface area contributed by atoms with Gasteiger partial charge in [-0.25, -0.2) is 13.8 Å². The summed E-state index contributed by atoms with van der Waals surface area (Å²) >= 11 is 0. The van der Waals surface area contributed by atoms with E-state index in [1.54, 1.807) is 31.2 Å². The molecule has 1 aromatic heterocycles. The molecule has 6 nitrogen and oxygen atoms in total. The van der Waals surface area contributed by atoms with Crippen molar-refractivity contribution in [3.8, 4) is 5.88 Å². The first-order chi connectivity index (χ1) is 16.5. The molecule has 2 heterocycles. The van der Waals surface area contributed by atoms with Crippen LogP contribution in [0.15, 0.2) is 58.8 Å². The van der Waals surface area contributed by atoms with Crippen LogP contribution in [-0.4, -0.2) is 53.8 Å². The number of pyridine rings is 1. The van der Waals surface area contributed by atoms with Crippen LogP contribution in [0.25, 0.3) is 0 Å². The number of hydrogen-bond acceptors (Lipinski definition) is 5. The lowest BCUT2D eigenvalue weighted by atomic mass is 10.0. The SMILES string of the molecule is C=N/C=C\C=NCc1ccc(C)cc1C(=O)N1CCC(F)(F)C1COc1ccc(C(F)(F)F)cn1. The number of ether oxygens (including phenoxy) is 1. The molecule has 186 valence electrons. The molecule has 11 heteroatoms. The van der Waals surface area contributed by atoms with Crippen molar-refractivity contribution in [2.24, 2.45) is 9.98 Å². The Morgan fingerprint density at radius 3 is 2.74 bits per heavy atom. The van der Waals surface area contributed by atoms with Gasteiger partial charge in [0.25, 0.3) is 11.8 Å². The topological polar surface area (TPSA) is 67.2 Å². The van der Waals surface area contributed by atoms with Crippen molar-refractivity contribution in [2.45, 2.75) is 38.0 Å². The highest BCUT2D eigenvalue weighted by atomic mass is 19.4. The van der Waals surface area contributed by atoms with Gasteiger partial charge in [0.15, 0.2) is 0 Å². The van der Waals surface area contributed by atoms with Crippen LogP contribution >= 0.6 is 0 Å². The molecule has 1 atom stereocenters. The number of likely N-dealkylation sites (tertiary alicyclic amines) is 1. The van der Waals surface area contributed by atoms with Crippen molar-refractivity contribution in [3.05, 3.63) is 71.1 Å². The summed E-state index contributed by atoms with van der Waals surface area (Å²) in [7, 11) is 0.